The van der Waals surface area contributed by atoms with Crippen molar-refractivity contribution in [1.82, 2.24) is 4.90 Å². The highest BCUT2D eigenvalue weighted by Crippen LogP contribution is 2.09. The summed E-state index contributed by atoms with van der Waals surface area (Å²) in [6.45, 7) is 3.31. The Morgan fingerprint density at radius 3 is 2.50 bits per heavy atom. The standard InChI is InChI=1S/C10H15N3O/c1-2-13(8-14)7-9-3-5-10(12-11)6-4-9/h3-6,8,12H,2,7,11H2,1H3. The summed E-state index contributed by atoms with van der Waals surface area (Å²) in [5, 5.41) is 0. The minimum absolute atomic E-state index is 0.644. The molecule has 0 saturated heterocycles. The van der Waals surface area contributed by atoms with Crippen molar-refractivity contribution in [1.29, 1.82) is 0 Å². The van der Waals surface area contributed by atoms with E-state index < -0.39 is 0 Å². The highest BCUT2D eigenvalue weighted by Gasteiger charge is 1.99. The number of benzene rings is 1. The Balaban J connectivity index is 2.63. The molecule has 0 radical (unpaired) electrons. The first-order chi connectivity index (χ1) is 6.80. The molecule has 0 saturated carbocycles. The molecule has 0 atom stereocenters. The third-order valence-electron chi connectivity index (χ3n) is 2.06. The maximum atomic E-state index is 10.6. The van der Waals surface area contributed by atoms with Crippen LogP contribution < -0.4 is 11.3 Å². The smallest absolute Gasteiger partial charge is 0.209 e. The van der Waals surface area contributed by atoms with Crippen LogP contribution in [0.2, 0.25) is 0 Å². The molecular weight excluding hydrogens is 178 g/mol. The van der Waals surface area contributed by atoms with Crippen LogP contribution in [0.25, 0.3) is 0 Å². The molecular formula is C10H15N3O. The number of amides is 1. The molecule has 0 bridgehead atoms. The van der Waals surface area contributed by atoms with Gasteiger partial charge < -0.3 is 10.3 Å². The van der Waals surface area contributed by atoms with Gasteiger partial charge in [0.1, 0.15) is 0 Å². The number of nitrogens with one attached hydrogen (secondary N) is 1. The molecule has 4 nitrogen and oxygen atoms in total. The lowest BCUT2D eigenvalue weighted by Crippen LogP contribution is -2.20. The zero-order valence-corrected chi connectivity index (χ0v) is 8.23. The van der Waals surface area contributed by atoms with E-state index in [4.69, 9.17) is 5.84 Å². The minimum atomic E-state index is 0.644. The van der Waals surface area contributed by atoms with Crippen molar-refractivity contribution in [2.24, 2.45) is 5.84 Å². The normalized spacial score (nSPS) is 9.57. The number of anilines is 1. The largest absolute Gasteiger partial charge is 0.341 e. The van der Waals surface area contributed by atoms with E-state index in [0.717, 1.165) is 24.2 Å². The van der Waals surface area contributed by atoms with Crippen LogP contribution in [0.1, 0.15) is 12.5 Å². The van der Waals surface area contributed by atoms with Crippen molar-refractivity contribution >= 4 is 12.1 Å². The quantitative estimate of drug-likeness (QED) is 0.416. The summed E-state index contributed by atoms with van der Waals surface area (Å²) in [5.41, 5.74) is 4.51. The zero-order valence-electron chi connectivity index (χ0n) is 8.23. The Kier molecular flexibility index (Phi) is 3.94. The molecule has 76 valence electrons. The van der Waals surface area contributed by atoms with Gasteiger partial charge in [0, 0.05) is 18.8 Å². The molecule has 0 aliphatic heterocycles. The van der Waals surface area contributed by atoms with E-state index in [1.54, 1.807) is 4.90 Å². The molecule has 0 unspecified atom stereocenters. The lowest BCUT2D eigenvalue weighted by Gasteiger charge is -2.14. The predicted octanol–water partition coefficient (Wildman–Crippen LogP) is 0.951. The number of nitrogen functional groups attached to an aromatic ring is 1. The molecule has 4 heteroatoms. The van der Waals surface area contributed by atoms with Crippen molar-refractivity contribution in [3.8, 4) is 0 Å². The number of rotatable bonds is 5. The lowest BCUT2D eigenvalue weighted by atomic mass is 10.2. The van der Waals surface area contributed by atoms with E-state index in [-0.39, 0.29) is 0 Å². The third-order valence-corrected chi connectivity index (χ3v) is 2.06. The van der Waals surface area contributed by atoms with Crippen molar-refractivity contribution in [2.75, 3.05) is 12.0 Å². The number of carbonyl (C=O) groups excluding carboxylic acids is 1. The van der Waals surface area contributed by atoms with Crippen molar-refractivity contribution in [3.05, 3.63) is 29.8 Å². The maximum absolute atomic E-state index is 10.6. The molecule has 0 heterocycles. The Bertz CT molecular complexity index is 284. The highest BCUT2D eigenvalue weighted by molar-refractivity contribution is 5.48. The van der Waals surface area contributed by atoms with Gasteiger partial charge in [-0.1, -0.05) is 12.1 Å². The van der Waals surface area contributed by atoms with E-state index in [9.17, 15) is 4.79 Å². The Morgan fingerprint density at radius 2 is 2.07 bits per heavy atom. The van der Waals surface area contributed by atoms with E-state index >= 15 is 0 Å². The van der Waals surface area contributed by atoms with Crippen molar-refractivity contribution in [3.63, 3.8) is 0 Å². The summed E-state index contributed by atoms with van der Waals surface area (Å²) >= 11 is 0. The number of hydrogen-bond donors (Lipinski definition) is 2. The van der Waals surface area contributed by atoms with Gasteiger partial charge in [0.15, 0.2) is 0 Å². The average Bonchev–Trinajstić information content (AvgIpc) is 2.26. The molecule has 14 heavy (non-hydrogen) atoms. The average molecular weight is 193 g/mol. The lowest BCUT2D eigenvalue weighted by molar-refractivity contribution is -0.118. The first-order valence-corrected chi connectivity index (χ1v) is 4.55. The van der Waals surface area contributed by atoms with Gasteiger partial charge in [-0.25, -0.2) is 0 Å². The van der Waals surface area contributed by atoms with E-state index in [0.29, 0.717) is 6.54 Å². The summed E-state index contributed by atoms with van der Waals surface area (Å²) in [6.07, 6.45) is 0.856. The molecule has 0 spiro atoms. The first-order valence-electron chi connectivity index (χ1n) is 4.55. The molecule has 0 aliphatic carbocycles. The van der Waals surface area contributed by atoms with Crippen LogP contribution in [0, 0.1) is 0 Å². The Hall–Kier alpha value is -1.55. The van der Waals surface area contributed by atoms with Crippen LogP contribution in [0.4, 0.5) is 5.69 Å². The summed E-state index contributed by atoms with van der Waals surface area (Å²) in [7, 11) is 0. The maximum Gasteiger partial charge on any atom is 0.209 e. The molecule has 1 rings (SSSR count). The SMILES string of the molecule is CCN(C=O)Cc1ccc(NN)cc1. The fourth-order valence-electron chi connectivity index (χ4n) is 1.16. The van der Waals surface area contributed by atoms with Crippen LogP contribution in [0.5, 0.6) is 0 Å². The number of carbonyl (C=O) groups is 1. The second-order valence-corrected chi connectivity index (χ2v) is 3.01. The number of nitrogens with two attached hydrogens (primary N) is 1. The van der Waals surface area contributed by atoms with Crippen LogP contribution in [-0.2, 0) is 11.3 Å². The summed E-state index contributed by atoms with van der Waals surface area (Å²) in [4.78, 5) is 12.3. The van der Waals surface area contributed by atoms with E-state index in [1.165, 1.54) is 0 Å². The van der Waals surface area contributed by atoms with Gasteiger partial charge in [0.05, 0.1) is 0 Å². The second-order valence-electron chi connectivity index (χ2n) is 3.01. The fourth-order valence-corrected chi connectivity index (χ4v) is 1.16. The molecule has 1 amide bonds. The summed E-state index contributed by atoms with van der Waals surface area (Å²) < 4.78 is 0. The molecule has 1 aromatic rings. The molecule has 1 aromatic carbocycles. The highest BCUT2D eigenvalue weighted by atomic mass is 16.1. The van der Waals surface area contributed by atoms with Gasteiger partial charge in [-0.15, -0.1) is 0 Å². The van der Waals surface area contributed by atoms with Crippen LogP contribution in [0.3, 0.4) is 0 Å². The molecule has 3 N–H and O–H groups in total. The second kappa shape index (κ2) is 5.24. The van der Waals surface area contributed by atoms with Crippen molar-refractivity contribution < 1.29 is 4.79 Å². The van der Waals surface area contributed by atoms with Crippen LogP contribution >= 0.6 is 0 Å². The fraction of sp³-hybridized carbons (Fsp3) is 0.300. The molecule has 0 fully saturated rings. The van der Waals surface area contributed by atoms with Gasteiger partial charge >= 0.3 is 0 Å². The van der Waals surface area contributed by atoms with Gasteiger partial charge in [-0.05, 0) is 24.6 Å². The number of hydrazine groups is 1. The monoisotopic (exact) mass is 193 g/mol. The van der Waals surface area contributed by atoms with Gasteiger partial charge in [0.2, 0.25) is 6.41 Å². The number of hydrogen-bond acceptors (Lipinski definition) is 3. The number of nitrogens with zero attached hydrogens (tertiary/aromatic N) is 1. The van der Waals surface area contributed by atoms with Crippen LogP contribution in [0.15, 0.2) is 24.3 Å². The predicted molar refractivity (Wildman–Crippen MR) is 56.4 cm³/mol. The topological polar surface area (TPSA) is 58.4 Å². The minimum Gasteiger partial charge on any atom is -0.341 e. The van der Waals surface area contributed by atoms with E-state index in [2.05, 4.69) is 5.43 Å². The van der Waals surface area contributed by atoms with Gasteiger partial charge in [-0.3, -0.25) is 10.6 Å². The Labute approximate surface area is 83.7 Å². The summed E-state index contributed by atoms with van der Waals surface area (Å²) in [6, 6.07) is 7.66. The third kappa shape index (κ3) is 2.74. The van der Waals surface area contributed by atoms with Gasteiger partial charge in [0.25, 0.3) is 0 Å². The molecule has 0 aliphatic rings. The summed E-state index contributed by atoms with van der Waals surface area (Å²) in [5.74, 6) is 5.24. The Morgan fingerprint density at radius 1 is 1.43 bits per heavy atom. The zero-order chi connectivity index (χ0) is 10.4. The van der Waals surface area contributed by atoms with E-state index in [1.807, 2.05) is 31.2 Å². The van der Waals surface area contributed by atoms with Crippen LogP contribution in [-0.4, -0.2) is 17.9 Å². The van der Waals surface area contributed by atoms with Gasteiger partial charge in [-0.2, -0.15) is 0 Å². The molecule has 0 aromatic heterocycles. The first kappa shape index (κ1) is 10.5. The van der Waals surface area contributed by atoms with Crippen molar-refractivity contribution in [2.45, 2.75) is 13.5 Å².